The van der Waals surface area contributed by atoms with Gasteiger partial charge in [-0.15, -0.1) is 11.3 Å². The van der Waals surface area contributed by atoms with Crippen LogP contribution in [-0.4, -0.2) is 31.1 Å². The number of nitrogens with one attached hydrogen (secondary N) is 2. The summed E-state index contributed by atoms with van der Waals surface area (Å²) in [4.78, 5) is 15.2. The van der Waals surface area contributed by atoms with Crippen LogP contribution in [0.3, 0.4) is 0 Å². The molecule has 0 aromatic carbocycles. The van der Waals surface area contributed by atoms with E-state index in [0.29, 0.717) is 12.0 Å². The van der Waals surface area contributed by atoms with Crippen LogP contribution in [0.2, 0.25) is 0 Å². The fraction of sp³-hybridized carbons (Fsp3) is 0.722. The Morgan fingerprint density at radius 3 is 2.55 bits per heavy atom. The Balaban J connectivity index is 1.58. The van der Waals surface area contributed by atoms with Gasteiger partial charge in [0.15, 0.2) is 0 Å². The van der Waals surface area contributed by atoms with Crippen molar-refractivity contribution in [3.05, 3.63) is 22.4 Å². The molecule has 1 aromatic rings. The van der Waals surface area contributed by atoms with Crippen LogP contribution in [0, 0.1) is 0 Å². The maximum absolute atomic E-state index is 12.3. The van der Waals surface area contributed by atoms with E-state index in [2.05, 4.69) is 11.4 Å². The molecule has 1 amide bonds. The Labute approximate surface area is 138 Å². The number of quaternary nitrogens is 1. The summed E-state index contributed by atoms with van der Waals surface area (Å²) in [7, 11) is 0. The predicted octanol–water partition coefficient (Wildman–Crippen LogP) is 2.18. The number of carbonyl (C=O) groups is 1. The molecule has 1 aliphatic heterocycles. The molecule has 1 saturated heterocycles. The first kappa shape index (κ1) is 16.0. The molecule has 2 aliphatic rings. The fourth-order valence-corrected chi connectivity index (χ4v) is 5.00. The van der Waals surface area contributed by atoms with E-state index in [1.54, 1.807) is 16.2 Å². The zero-order valence-electron chi connectivity index (χ0n) is 13.5. The standard InChI is InChI=1S/C18H28N2OS/c21-17(14-16-8-7-13-22-16)19-15-18(9-3-1-4-10-18)20-11-5-2-6-12-20/h7-8,13H,1-6,9-12,14-15H2,(H,19,21)/p+1. The second kappa shape index (κ2) is 7.60. The van der Waals surface area contributed by atoms with Gasteiger partial charge in [-0.1, -0.05) is 12.5 Å². The molecule has 3 rings (SSSR count). The maximum atomic E-state index is 12.3. The largest absolute Gasteiger partial charge is 0.350 e. The lowest BCUT2D eigenvalue weighted by atomic mass is 9.79. The topological polar surface area (TPSA) is 33.5 Å². The first-order valence-electron chi connectivity index (χ1n) is 8.93. The second-order valence-electron chi connectivity index (χ2n) is 7.04. The molecule has 2 fully saturated rings. The van der Waals surface area contributed by atoms with E-state index < -0.39 is 0 Å². The van der Waals surface area contributed by atoms with Crippen LogP contribution in [0.25, 0.3) is 0 Å². The van der Waals surface area contributed by atoms with E-state index in [4.69, 9.17) is 0 Å². The third kappa shape index (κ3) is 3.90. The minimum atomic E-state index is 0.198. The highest BCUT2D eigenvalue weighted by molar-refractivity contribution is 7.10. The quantitative estimate of drug-likeness (QED) is 0.856. The van der Waals surface area contributed by atoms with Gasteiger partial charge in [-0.2, -0.15) is 0 Å². The third-order valence-corrected chi connectivity index (χ3v) is 6.43. The molecule has 2 heterocycles. The predicted molar refractivity (Wildman–Crippen MR) is 91.4 cm³/mol. The summed E-state index contributed by atoms with van der Waals surface area (Å²) >= 11 is 1.67. The molecule has 0 spiro atoms. The highest BCUT2D eigenvalue weighted by Gasteiger charge is 2.42. The van der Waals surface area contributed by atoms with Crippen molar-refractivity contribution in [2.45, 2.75) is 63.3 Å². The van der Waals surface area contributed by atoms with E-state index >= 15 is 0 Å². The van der Waals surface area contributed by atoms with Crippen molar-refractivity contribution < 1.29 is 9.69 Å². The summed E-state index contributed by atoms with van der Waals surface area (Å²) in [5, 5.41) is 5.32. The van der Waals surface area contributed by atoms with E-state index in [1.165, 1.54) is 69.3 Å². The number of thiophene rings is 1. The molecule has 0 atom stereocenters. The molecule has 122 valence electrons. The monoisotopic (exact) mass is 321 g/mol. The highest BCUT2D eigenvalue weighted by Crippen LogP contribution is 2.26. The van der Waals surface area contributed by atoms with Crippen LogP contribution < -0.4 is 10.2 Å². The van der Waals surface area contributed by atoms with Crippen molar-refractivity contribution in [2.75, 3.05) is 19.6 Å². The average Bonchev–Trinajstić information content (AvgIpc) is 3.08. The first-order chi connectivity index (χ1) is 10.8. The summed E-state index contributed by atoms with van der Waals surface area (Å²) < 4.78 is 0. The average molecular weight is 322 g/mol. The number of hydrogen-bond donors (Lipinski definition) is 2. The summed E-state index contributed by atoms with van der Waals surface area (Å²) in [6.45, 7) is 3.49. The van der Waals surface area contributed by atoms with Crippen molar-refractivity contribution in [1.82, 2.24) is 5.32 Å². The summed E-state index contributed by atoms with van der Waals surface area (Å²) in [5.74, 6) is 0.198. The van der Waals surface area contributed by atoms with E-state index in [1.807, 2.05) is 11.4 Å². The summed E-state index contributed by atoms with van der Waals surface area (Å²) in [5.41, 5.74) is 0.323. The lowest BCUT2D eigenvalue weighted by Crippen LogP contribution is -3.22. The minimum absolute atomic E-state index is 0.198. The zero-order valence-corrected chi connectivity index (χ0v) is 14.4. The third-order valence-electron chi connectivity index (χ3n) is 5.56. The van der Waals surface area contributed by atoms with Gasteiger partial charge in [0.05, 0.1) is 26.1 Å². The number of piperidine rings is 1. The van der Waals surface area contributed by atoms with Crippen molar-refractivity contribution in [3.63, 3.8) is 0 Å². The SMILES string of the molecule is O=C(Cc1cccs1)NCC1([NH+]2CCCCC2)CCCCC1. The summed E-state index contributed by atoms with van der Waals surface area (Å²) in [6, 6.07) is 4.07. The number of hydrogen-bond acceptors (Lipinski definition) is 2. The van der Waals surface area contributed by atoms with Crippen molar-refractivity contribution in [1.29, 1.82) is 0 Å². The lowest BCUT2D eigenvalue weighted by Gasteiger charge is -2.45. The number of likely N-dealkylation sites (tertiary alicyclic amines) is 1. The van der Waals surface area contributed by atoms with Gasteiger partial charge in [0.25, 0.3) is 0 Å². The number of amides is 1. The molecule has 2 N–H and O–H groups in total. The Hall–Kier alpha value is -0.870. The minimum Gasteiger partial charge on any atom is -0.350 e. The molecule has 0 unspecified atom stereocenters. The van der Waals surface area contributed by atoms with E-state index in [0.717, 1.165) is 6.54 Å². The zero-order chi connectivity index (χ0) is 15.3. The Morgan fingerprint density at radius 2 is 1.86 bits per heavy atom. The highest BCUT2D eigenvalue weighted by atomic mass is 32.1. The number of rotatable bonds is 5. The Morgan fingerprint density at radius 1 is 1.14 bits per heavy atom. The molecule has 22 heavy (non-hydrogen) atoms. The van der Waals surface area contributed by atoms with Crippen LogP contribution in [0.15, 0.2) is 17.5 Å². The molecule has 1 aromatic heterocycles. The van der Waals surface area contributed by atoms with E-state index in [9.17, 15) is 4.79 Å². The molecule has 0 radical (unpaired) electrons. The molecular weight excluding hydrogens is 292 g/mol. The second-order valence-corrected chi connectivity index (χ2v) is 8.07. The van der Waals surface area contributed by atoms with Gasteiger partial charge in [-0.05, 0) is 43.6 Å². The molecule has 3 nitrogen and oxygen atoms in total. The lowest BCUT2D eigenvalue weighted by molar-refractivity contribution is -0.957. The van der Waals surface area contributed by atoms with Crippen molar-refractivity contribution in [2.24, 2.45) is 0 Å². The van der Waals surface area contributed by atoms with Gasteiger partial charge in [0, 0.05) is 17.7 Å². The molecule has 0 bridgehead atoms. The van der Waals surface area contributed by atoms with E-state index in [-0.39, 0.29) is 5.91 Å². The van der Waals surface area contributed by atoms with Gasteiger partial charge in [-0.3, -0.25) is 4.79 Å². The van der Waals surface area contributed by atoms with Crippen LogP contribution in [0.4, 0.5) is 0 Å². The molecule has 4 heteroatoms. The smallest absolute Gasteiger partial charge is 0.225 e. The molecule has 1 saturated carbocycles. The van der Waals surface area contributed by atoms with Crippen LogP contribution >= 0.6 is 11.3 Å². The fourth-order valence-electron chi connectivity index (χ4n) is 4.29. The Kier molecular flexibility index (Phi) is 5.53. The van der Waals surface area contributed by atoms with Crippen LogP contribution in [0.5, 0.6) is 0 Å². The Bertz CT molecular complexity index is 459. The van der Waals surface area contributed by atoms with Gasteiger partial charge in [0.2, 0.25) is 5.91 Å². The van der Waals surface area contributed by atoms with Crippen LogP contribution in [-0.2, 0) is 11.2 Å². The molecule has 1 aliphatic carbocycles. The normalized spacial score (nSPS) is 22.4. The van der Waals surface area contributed by atoms with Gasteiger partial charge in [0.1, 0.15) is 5.54 Å². The van der Waals surface area contributed by atoms with Gasteiger partial charge < -0.3 is 10.2 Å². The van der Waals surface area contributed by atoms with Gasteiger partial charge in [-0.25, -0.2) is 0 Å². The van der Waals surface area contributed by atoms with Crippen molar-refractivity contribution >= 4 is 17.2 Å². The maximum Gasteiger partial charge on any atom is 0.225 e. The van der Waals surface area contributed by atoms with Crippen LogP contribution in [0.1, 0.15) is 56.2 Å². The number of carbonyl (C=O) groups excluding carboxylic acids is 1. The molecular formula is C18H29N2OS+. The summed E-state index contributed by atoms with van der Waals surface area (Å²) in [6.07, 6.45) is 11.3. The first-order valence-corrected chi connectivity index (χ1v) is 9.81. The van der Waals surface area contributed by atoms with Crippen molar-refractivity contribution in [3.8, 4) is 0 Å². The van der Waals surface area contributed by atoms with Gasteiger partial charge >= 0.3 is 0 Å².